The third-order valence-corrected chi connectivity index (χ3v) is 4.34. The van der Waals surface area contributed by atoms with Crippen molar-refractivity contribution in [1.82, 2.24) is 9.97 Å². The summed E-state index contributed by atoms with van der Waals surface area (Å²) in [5.74, 6) is -2.55. The van der Waals surface area contributed by atoms with E-state index >= 15 is 0 Å². The Labute approximate surface area is 121 Å². The van der Waals surface area contributed by atoms with Gasteiger partial charge < -0.3 is 19.8 Å². The molecule has 0 radical (unpaired) electrons. The minimum atomic E-state index is -1.28. The van der Waals surface area contributed by atoms with Gasteiger partial charge in [0.1, 0.15) is 10.1 Å². The van der Waals surface area contributed by atoms with Gasteiger partial charge in [0.25, 0.3) is 0 Å². The topological polar surface area (TPSA) is 106 Å². The summed E-state index contributed by atoms with van der Waals surface area (Å²) in [6, 6.07) is 5.91. The van der Waals surface area contributed by atoms with Gasteiger partial charge in [-0.25, -0.2) is 9.97 Å². The molecule has 2 aromatic rings. The van der Waals surface area contributed by atoms with Crippen molar-refractivity contribution in [2.24, 2.45) is 0 Å². The number of aromatic carboxylic acids is 2. The lowest BCUT2D eigenvalue weighted by Gasteiger charge is -2.04. The van der Waals surface area contributed by atoms with Crippen LogP contribution >= 0.6 is 21.6 Å². The zero-order chi connectivity index (χ0) is 14.5. The predicted octanol–water partition coefficient (Wildman–Crippen LogP) is 0.00300. The number of aromatic nitrogens is 2. The lowest BCUT2D eigenvalue weighted by Crippen LogP contribution is -2.22. The van der Waals surface area contributed by atoms with E-state index in [1.54, 1.807) is 12.1 Å². The van der Waals surface area contributed by atoms with Gasteiger partial charge in [-0.05, 0) is 45.9 Å². The Bertz CT molecular complexity index is 571. The summed E-state index contributed by atoms with van der Waals surface area (Å²) in [6.07, 6.45) is 2.43. The van der Waals surface area contributed by atoms with Crippen LogP contribution in [0.1, 0.15) is 20.7 Å². The molecule has 0 fully saturated rings. The van der Waals surface area contributed by atoms with E-state index in [2.05, 4.69) is 9.97 Å². The van der Waals surface area contributed by atoms with E-state index < -0.39 is 11.9 Å². The summed E-state index contributed by atoms with van der Waals surface area (Å²) in [6.45, 7) is 0. The lowest BCUT2D eigenvalue weighted by molar-refractivity contribution is -0.256. The molecule has 0 aliphatic rings. The molecular weight excluding hydrogens is 300 g/mol. The van der Waals surface area contributed by atoms with Gasteiger partial charge in [-0.2, -0.15) is 0 Å². The van der Waals surface area contributed by atoms with Crippen molar-refractivity contribution >= 4 is 33.5 Å². The first-order chi connectivity index (χ1) is 9.56. The van der Waals surface area contributed by atoms with Gasteiger partial charge in [-0.3, -0.25) is 0 Å². The van der Waals surface area contributed by atoms with E-state index in [4.69, 9.17) is 0 Å². The van der Waals surface area contributed by atoms with Crippen molar-refractivity contribution in [3.8, 4) is 0 Å². The van der Waals surface area contributed by atoms with Gasteiger partial charge in [0.15, 0.2) is 0 Å². The van der Waals surface area contributed by atoms with Crippen molar-refractivity contribution in [1.29, 1.82) is 0 Å². The summed E-state index contributed by atoms with van der Waals surface area (Å²) in [7, 11) is 2.55. The third-order valence-electron chi connectivity index (χ3n) is 2.16. The maximum Gasteiger partial charge on any atom is 0.107 e. The first-order valence-corrected chi connectivity index (χ1v) is 7.40. The molecule has 0 N–H and O–H groups in total. The molecule has 0 unspecified atom stereocenters. The van der Waals surface area contributed by atoms with Gasteiger partial charge in [-0.15, -0.1) is 0 Å². The predicted molar refractivity (Wildman–Crippen MR) is 68.8 cm³/mol. The second kappa shape index (κ2) is 6.40. The molecule has 0 bridgehead atoms. The molecule has 6 nitrogen and oxygen atoms in total. The molecule has 0 saturated heterocycles. The Morgan fingerprint density at radius 3 is 1.45 bits per heavy atom. The monoisotopic (exact) mass is 306 g/mol. The quantitative estimate of drug-likeness (QED) is 0.711. The van der Waals surface area contributed by atoms with Gasteiger partial charge in [0.05, 0.1) is 11.9 Å². The van der Waals surface area contributed by atoms with E-state index in [1.165, 1.54) is 46.1 Å². The van der Waals surface area contributed by atoms with Crippen molar-refractivity contribution in [3.63, 3.8) is 0 Å². The lowest BCUT2D eigenvalue weighted by atomic mass is 10.3. The Kier molecular flexibility index (Phi) is 4.59. The van der Waals surface area contributed by atoms with Crippen LogP contribution in [0, 0.1) is 0 Å². The van der Waals surface area contributed by atoms with Crippen LogP contribution in [0.2, 0.25) is 0 Å². The summed E-state index contributed by atoms with van der Waals surface area (Å²) < 4.78 is 0. The van der Waals surface area contributed by atoms with Crippen molar-refractivity contribution in [2.45, 2.75) is 10.1 Å². The number of carbonyl (C=O) groups excluding carboxylic acids is 2. The normalized spacial score (nSPS) is 10.2. The van der Waals surface area contributed by atoms with Crippen molar-refractivity contribution in [2.75, 3.05) is 0 Å². The Balaban J connectivity index is 1.97. The minimum absolute atomic E-state index is 0.00999. The molecule has 0 aliphatic heterocycles. The van der Waals surface area contributed by atoms with Crippen LogP contribution in [-0.2, 0) is 0 Å². The van der Waals surface area contributed by atoms with E-state index in [1.807, 2.05) is 0 Å². The van der Waals surface area contributed by atoms with Crippen LogP contribution in [0.25, 0.3) is 0 Å². The number of carboxylic acids is 2. The summed E-state index contributed by atoms with van der Waals surface area (Å²) in [5, 5.41) is 22.3. The fourth-order valence-electron chi connectivity index (χ4n) is 1.19. The van der Waals surface area contributed by atoms with E-state index in [-0.39, 0.29) is 11.1 Å². The minimum Gasteiger partial charge on any atom is -0.545 e. The van der Waals surface area contributed by atoms with Gasteiger partial charge in [0, 0.05) is 23.5 Å². The van der Waals surface area contributed by atoms with E-state index in [9.17, 15) is 19.8 Å². The molecule has 2 rings (SSSR count). The van der Waals surface area contributed by atoms with E-state index in [0.717, 1.165) is 0 Å². The average Bonchev–Trinajstić information content (AvgIpc) is 2.46. The van der Waals surface area contributed by atoms with Crippen LogP contribution in [-0.4, -0.2) is 21.9 Å². The molecule has 102 valence electrons. The standard InChI is InChI=1S/C12H8N2O4S2/c15-11(16)7-1-3-9(13-5-7)19-20-10-4-2-8(6-14-10)12(17)18/h1-6H,(H,15,16)(H,17,18)/p-2. The molecule has 2 heterocycles. The maximum atomic E-state index is 10.6. The summed E-state index contributed by atoms with van der Waals surface area (Å²) in [4.78, 5) is 29.0. The zero-order valence-corrected chi connectivity index (χ0v) is 11.4. The molecule has 0 spiro atoms. The average molecular weight is 306 g/mol. The first kappa shape index (κ1) is 14.4. The van der Waals surface area contributed by atoms with Crippen LogP contribution in [0.15, 0.2) is 46.7 Å². The third kappa shape index (κ3) is 3.72. The number of carbonyl (C=O) groups is 2. The molecular formula is C12H6N2O4S2-2. The zero-order valence-electron chi connectivity index (χ0n) is 9.81. The molecule has 20 heavy (non-hydrogen) atoms. The molecule has 2 aromatic heterocycles. The number of nitrogens with zero attached hydrogens (tertiary/aromatic N) is 2. The second-order valence-corrected chi connectivity index (χ2v) is 5.68. The number of rotatable bonds is 5. The fraction of sp³-hybridized carbons (Fsp3) is 0. The Morgan fingerprint density at radius 1 is 0.800 bits per heavy atom. The van der Waals surface area contributed by atoms with Crippen LogP contribution < -0.4 is 10.2 Å². The van der Waals surface area contributed by atoms with Crippen LogP contribution in [0.5, 0.6) is 0 Å². The Morgan fingerprint density at radius 2 is 1.20 bits per heavy atom. The fourth-order valence-corrected chi connectivity index (χ4v) is 2.90. The second-order valence-electron chi connectivity index (χ2n) is 3.51. The number of hydrogen-bond donors (Lipinski definition) is 0. The van der Waals surface area contributed by atoms with Gasteiger partial charge in [-0.1, -0.05) is 0 Å². The molecule has 0 aliphatic carbocycles. The highest BCUT2D eigenvalue weighted by Crippen LogP contribution is 2.34. The molecule has 0 saturated carbocycles. The maximum absolute atomic E-state index is 10.6. The molecule has 0 aromatic carbocycles. The van der Waals surface area contributed by atoms with Crippen molar-refractivity contribution < 1.29 is 19.8 Å². The largest absolute Gasteiger partial charge is 0.545 e. The number of hydrogen-bond acceptors (Lipinski definition) is 8. The SMILES string of the molecule is O=C([O-])c1ccc(SSc2ccc(C(=O)[O-])cn2)nc1. The molecule has 0 atom stereocenters. The number of carboxylic acid groups (broad SMARTS) is 2. The summed E-state index contributed by atoms with van der Waals surface area (Å²) in [5.41, 5.74) is 0.0200. The van der Waals surface area contributed by atoms with E-state index in [0.29, 0.717) is 10.1 Å². The summed E-state index contributed by atoms with van der Waals surface area (Å²) >= 11 is 0. The highest BCUT2D eigenvalue weighted by molar-refractivity contribution is 8.76. The van der Waals surface area contributed by atoms with Gasteiger partial charge in [0.2, 0.25) is 0 Å². The smallest absolute Gasteiger partial charge is 0.107 e. The first-order valence-electron chi connectivity index (χ1n) is 5.25. The molecule has 8 heteroatoms. The highest BCUT2D eigenvalue weighted by Gasteiger charge is 2.02. The van der Waals surface area contributed by atoms with Crippen LogP contribution in [0.4, 0.5) is 0 Å². The highest BCUT2D eigenvalue weighted by atomic mass is 33.1. The van der Waals surface area contributed by atoms with Crippen molar-refractivity contribution in [3.05, 3.63) is 47.8 Å². The van der Waals surface area contributed by atoms with Gasteiger partial charge >= 0.3 is 0 Å². The number of pyridine rings is 2. The molecule has 0 amide bonds. The van der Waals surface area contributed by atoms with Crippen LogP contribution in [0.3, 0.4) is 0 Å². The Hall–Kier alpha value is -2.06.